The molecule has 174 valence electrons. The summed E-state index contributed by atoms with van der Waals surface area (Å²) in [6, 6.07) is 19.6. The molecule has 1 fully saturated rings. The van der Waals surface area contributed by atoms with Gasteiger partial charge in [-0.25, -0.2) is 9.40 Å². The average Bonchev–Trinajstić information content (AvgIpc) is 3.54. The van der Waals surface area contributed by atoms with Crippen molar-refractivity contribution in [2.45, 2.75) is 30.4 Å². The molecule has 0 aliphatic carbocycles. The molecule has 9 heteroatoms. The minimum atomic E-state index is -0.386. The molecule has 1 aromatic heterocycles. The van der Waals surface area contributed by atoms with Crippen molar-refractivity contribution in [1.29, 1.82) is 0 Å². The van der Waals surface area contributed by atoms with Crippen molar-refractivity contribution >= 4 is 40.6 Å². The highest BCUT2D eigenvalue weighted by atomic mass is 32.2. The number of thioether (sulfide) groups is 1. The van der Waals surface area contributed by atoms with Crippen molar-refractivity contribution in [2.24, 2.45) is 5.10 Å². The molecule has 1 saturated heterocycles. The zero-order chi connectivity index (χ0) is 23.5. The Bertz CT molecular complexity index is 1190. The van der Waals surface area contributed by atoms with Crippen LogP contribution in [-0.4, -0.2) is 33.8 Å². The van der Waals surface area contributed by atoms with Crippen LogP contribution in [0.15, 0.2) is 77.2 Å². The molecule has 3 atom stereocenters. The van der Waals surface area contributed by atoms with Gasteiger partial charge in [0.15, 0.2) is 0 Å². The normalized spacial score (nSPS) is 22.4. The predicted molar refractivity (Wildman–Crippen MR) is 133 cm³/mol. The SMILES string of the molecule is O=C1CC(c2ccccc2)NC(SCC(=O)N2N=C(c3cccs3)CC2c2ccc(F)cc2)N1. The second-order valence-corrected chi connectivity index (χ2v) is 10.2. The average molecular weight is 495 g/mol. The first kappa shape index (κ1) is 22.8. The van der Waals surface area contributed by atoms with Crippen LogP contribution in [0, 0.1) is 5.82 Å². The number of hydrogen-bond acceptors (Lipinski definition) is 6. The van der Waals surface area contributed by atoms with Gasteiger partial charge in [0.05, 0.1) is 22.4 Å². The molecular formula is C25H23FN4O2S2. The summed E-state index contributed by atoms with van der Waals surface area (Å²) in [5.41, 5.74) is 2.33. The minimum absolute atomic E-state index is 0.0547. The fraction of sp³-hybridized carbons (Fsp3) is 0.240. The van der Waals surface area contributed by atoms with Crippen LogP contribution in [0.3, 0.4) is 0 Å². The maximum Gasteiger partial charge on any atom is 0.253 e. The van der Waals surface area contributed by atoms with E-state index in [1.54, 1.807) is 23.5 Å². The van der Waals surface area contributed by atoms with Gasteiger partial charge in [-0.1, -0.05) is 48.5 Å². The Morgan fingerprint density at radius 1 is 1.06 bits per heavy atom. The molecule has 3 unspecified atom stereocenters. The molecule has 2 aliphatic rings. The van der Waals surface area contributed by atoms with Crippen LogP contribution in [0.25, 0.3) is 0 Å². The first-order valence-corrected chi connectivity index (χ1v) is 12.9. The summed E-state index contributed by atoms with van der Waals surface area (Å²) in [5, 5.41) is 14.5. The molecule has 3 heterocycles. The zero-order valence-electron chi connectivity index (χ0n) is 18.2. The third-order valence-electron chi connectivity index (χ3n) is 5.84. The van der Waals surface area contributed by atoms with Crippen molar-refractivity contribution in [3.63, 3.8) is 0 Å². The maximum absolute atomic E-state index is 13.5. The molecule has 6 nitrogen and oxygen atoms in total. The lowest BCUT2D eigenvalue weighted by atomic mass is 10.0. The number of carbonyl (C=O) groups is 2. The molecule has 2 amide bonds. The second kappa shape index (κ2) is 10.1. The topological polar surface area (TPSA) is 73.8 Å². The van der Waals surface area contributed by atoms with E-state index in [0.29, 0.717) is 12.8 Å². The van der Waals surface area contributed by atoms with Crippen molar-refractivity contribution in [2.75, 3.05) is 5.75 Å². The molecule has 0 radical (unpaired) electrons. The third-order valence-corrected chi connectivity index (χ3v) is 7.76. The smallest absolute Gasteiger partial charge is 0.253 e. The largest absolute Gasteiger partial charge is 0.332 e. The first-order chi connectivity index (χ1) is 16.6. The Balaban J connectivity index is 1.29. The summed E-state index contributed by atoms with van der Waals surface area (Å²) in [6.07, 6.45) is 0.916. The van der Waals surface area contributed by atoms with Gasteiger partial charge >= 0.3 is 0 Å². The number of rotatable bonds is 6. The van der Waals surface area contributed by atoms with E-state index in [-0.39, 0.29) is 41.0 Å². The van der Waals surface area contributed by atoms with Gasteiger partial charge in [-0.05, 0) is 34.7 Å². The van der Waals surface area contributed by atoms with E-state index < -0.39 is 0 Å². The van der Waals surface area contributed by atoms with Crippen molar-refractivity contribution in [3.8, 4) is 0 Å². The van der Waals surface area contributed by atoms with Gasteiger partial charge in [0.2, 0.25) is 5.91 Å². The predicted octanol–water partition coefficient (Wildman–Crippen LogP) is 4.43. The van der Waals surface area contributed by atoms with Crippen LogP contribution in [0.1, 0.15) is 40.9 Å². The van der Waals surface area contributed by atoms with E-state index in [1.165, 1.54) is 28.9 Å². The highest BCUT2D eigenvalue weighted by Gasteiger charge is 2.34. The quantitative estimate of drug-likeness (QED) is 0.532. The first-order valence-electron chi connectivity index (χ1n) is 11.0. The minimum Gasteiger partial charge on any atom is -0.332 e. The molecular weight excluding hydrogens is 471 g/mol. The number of benzene rings is 2. The summed E-state index contributed by atoms with van der Waals surface area (Å²) in [7, 11) is 0. The second-order valence-electron chi connectivity index (χ2n) is 8.13. The van der Waals surface area contributed by atoms with Gasteiger partial charge in [0, 0.05) is 18.9 Å². The Hall–Kier alpha value is -3.01. The van der Waals surface area contributed by atoms with Gasteiger partial charge in [-0.15, -0.1) is 23.1 Å². The summed E-state index contributed by atoms with van der Waals surface area (Å²) in [4.78, 5) is 26.6. The van der Waals surface area contributed by atoms with E-state index in [4.69, 9.17) is 0 Å². The Morgan fingerprint density at radius 3 is 2.59 bits per heavy atom. The van der Waals surface area contributed by atoms with Crippen molar-refractivity contribution in [3.05, 3.63) is 93.9 Å². The van der Waals surface area contributed by atoms with Crippen LogP contribution in [-0.2, 0) is 9.59 Å². The fourth-order valence-corrected chi connectivity index (χ4v) is 5.80. The number of nitrogens with zero attached hydrogens (tertiary/aromatic N) is 2. The van der Waals surface area contributed by atoms with Crippen LogP contribution < -0.4 is 10.6 Å². The Kier molecular flexibility index (Phi) is 6.75. The number of amides is 2. The van der Waals surface area contributed by atoms with E-state index in [1.807, 2.05) is 47.8 Å². The van der Waals surface area contributed by atoms with E-state index in [2.05, 4.69) is 15.7 Å². The molecule has 3 aromatic rings. The fourth-order valence-electron chi connectivity index (χ4n) is 4.16. The van der Waals surface area contributed by atoms with Crippen LogP contribution in [0.2, 0.25) is 0 Å². The van der Waals surface area contributed by atoms with Crippen molar-refractivity contribution < 1.29 is 14.0 Å². The molecule has 2 N–H and O–H groups in total. The number of nitrogens with one attached hydrogen (secondary N) is 2. The summed E-state index contributed by atoms with van der Waals surface area (Å²) < 4.78 is 13.5. The van der Waals surface area contributed by atoms with Gasteiger partial charge in [-0.2, -0.15) is 5.10 Å². The molecule has 0 bridgehead atoms. The van der Waals surface area contributed by atoms with E-state index in [9.17, 15) is 14.0 Å². The van der Waals surface area contributed by atoms with Crippen LogP contribution in [0.5, 0.6) is 0 Å². The summed E-state index contributed by atoms with van der Waals surface area (Å²) in [6.45, 7) is 0. The van der Waals surface area contributed by atoms with Gasteiger partial charge in [-0.3, -0.25) is 14.9 Å². The maximum atomic E-state index is 13.5. The van der Waals surface area contributed by atoms with Crippen LogP contribution >= 0.6 is 23.1 Å². The molecule has 5 rings (SSSR count). The Labute approximate surface area is 205 Å². The molecule has 0 spiro atoms. The lowest BCUT2D eigenvalue weighted by Crippen LogP contribution is -2.51. The molecule has 2 aromatic carbocycles. The monoisotopic (exact) mass is 494 g/mol. The van der Waals surface area contributed by atoms with Crippen molar-refractivity contribution in [1.82, 2.24) is 15.6 Å². The number of thiophene rings is 1. The zero-order valence-corrected chi connectivity index (χ0v) is 19.8. The third kappa shape index (κ3) is 5.06. The molecule has 34 heavy (non-hydrogen) atoms. The van der Waals surface area contributed by atoms with E-state index in [0.717, 1.165) is 21.7 Å². The number of hydrogen-bond donors (Lipinski definition) is 2. The van der Waals surface area contributed by atoms with Gasteiger partial charge < -0.3 is 5.32 Å². The van der Waals surface area contributed by atoms with Gasteiger partial charge in [0.25, 0.3) is 5.91 Å². The summed E-state index contributed by atoms with van der Waals surface area (Å²) in [5.74, 6) is -0.399. The number of carbonyl (C=O) groups excluding carboxylic acids is 2. The van der Waals surface area contributed by atoms with Crippen LogP contribution in [0.4, 0.5) is 4.39 Å². The standard InChI is InChI=1S/C25H23FN4O2S2/c26-18-10-8-17(9-11-18)21-13-20(22-7-4-12-33-22)29-30(21)24(32)15-34-25-27-19(14-23(31)28-25)16-5-2-1-3-6-16/h1-12,19,21,25,27H,13-15H2,(H,28,31). The highest BCUT2D eigenvalue weighted by molar-refractivity contribution is 8.00. The lowest BCUT2D eigenvalue weighted by molar-refractivity contribution is -0.130. The van der Waals surface area contributed by atoms with Gasteiger partial charge in [0.1, 0.15) is 11.3 Å². The highest BCUT2D eigenvalue weighted by Crippen LogP contribution is 2.34. The lowest BCUT2D eigenvalue weighted by Gasteiger charge is -2.31. The summed E-state index contributed by atoms with van der Waals surface area (Å²) >= 11 is 2.91. The van der Waals surface area contributed by atoms with E-state index >= 15 is 0 Å². The molecule has 0 saturated carbocycles. The Morgan fingerprint density at radius 2 is 1.85 bits per heavy atom. The number of hydrazone groups is 1. The number of halogens is 1. The molecule has 2 aliphatic heterocycles.